The monoisotopic (exact) mass is 298 g/mol. The summed E-state index contributed by atoms with van der Waals surface area (Å²) in [5.74, 6) is 1.16. The van der Waals surface area contributed by atoms with Crippen LogP contribution in [0.1, 0.15) is 32.5 Å². The van der Waals surface area contributed by atoms with Gasteiger partial charge in [0.1, 0.15) is 6.04 Å². The number of aryl methyl sites for hydroxylation is 1. The third kappa shape index (κ3) is 3.30. The van der Waals surface area contributed by atoms with Crippen LogP contribution in [0.2, 0.25) is 0 Å². The Morgan fingerprint density at radius 3 is 2.95 bits per heavy atom. The molecule has 1 aliphatic rings. The summed E-state index contributed by atoms with van der Waals surface area (Å²) < 4.78 is 4.49. The van der Waals surface area contributed by atoms with Crippen LogP contribution in [0.4, 0.5) is 0 Å². The number of hydrogen-bond acceptors (Lipinski definition) is 6. The topological polar surface area (TPSA) is 97.1 Å². The molecule has 2 rings (SSSR count). The highest BCUT2D eigenvalue weighted by molar-refractivity contribution is 8.01. The molecule has 110 valence electrons. The Morgan fingerprint density at radius 2 is 2.35 bits per heavy atom. The minimum atomic E-state index is -0.519. The first-order valence-corrected chi connectivity index (χ1v) is 7.45. The number of nitrogens with zero attached hydrogens (tertiary/aromatic N) is 2. The summed E-state index contributed by atoms with van der Waals surface area (Å²) in [6.07, 6.45) is 0.682. The van der Waals surface area contributed by atoms with Crippen LogP contribution in [0.3, 0.4) is 0 Å². The molecule has 8 heteroatoms. The van der Waals surface area contributed by atoms with E-state index in [1.165, 1.54) is 11.8 Å². The van der Waals surface area contributed by atoms with Gasteiger partial charge in [-0.2, -0.15) is 4.98 Å². The third-order valence-corrected chi connectivity index (χ3v) is 4.43. The molecule has 0 saturated carbocycles. The predicted molar refractivity (Wildman–Crippen MR) is 74.0 cm³/mol. The maximum atomic E-state index is 12.0. The highest BCUT2D eigenvalue weighted by Crippen LogP contribution is 2.28. The summed E-state index contributed by atoms with van der Waals surface area (Å²) in [7, 11) is 0. The molecule has 1 saturated heterocycles. The van der Waals surface area contributed by atoms with E-state index in [0.29, 0.717) is 23.9 Å². The van der Waals surface area contributed by atoms with Gasteiger partial charge in [0.25, 0.3) is 0 Å². The molecule has 0 aromatic carbocycles. The van der Waals surface area contributed by atoms with E-state index in [9.17, 15) is 9.59 Å². The van der Waals surface area contributed by atoms with Crippen molar-refractivity contribution in [1.29, 1.82) is 0 Å². The zero-order valence-electron chi connectivity index (χ0n) is 11.7. The van der Waals surface area contributed by atoms with Crippen molar-refractivity contribution in [1.82, 2.24) is 20.8 Å². The van der Waals surface area contributed by atoms with Gasteiger partial charge in [0.2, 0.25) is 17.7 Å². The maximum absolute atomic E-state index is 12.0. The first kappa shape index (κ1) is 14.8. The average molecular weight is 298 g/mol. The van der Waals surface area contributed by atoms with Gasteiger partial charge in [0, 0.05) is 12.2 Å². The molecule has 1 aromatic heterocycles. The van der Waals surface area contributed by atoms with Gasteiger partial charge in [-0.25, -0.2) is 0 Å². The summed E-state index contributed by atoms with van der Waals surface area (Å²) >= 11 is 1.47. The van der Waals surface area contributed by atoms with E-state index in [2.05, 4.69) is 20.8 Å². The van der Waals surface area contributed by atoms with Crippen molar-refractivity contribution in [3.8, 4) is 0 Å². The molecule has 1 unspecified atom stereocenters. The van der Waals surface area contributed by atoms with E-state index in [1.807, 2.05) is 20.8 Å². The van der Waals surface area contributed by atoms with Gasteiger partial charge in [0.05, 0.1) is 11.3 Å². The molecule has 1 atom stereocenters. The third-order valence-electron chi connectivity index (χ3n) is 3.02. The van der Waals surface area contributed by atoms with Crippen LogP contribution in [-0.4, -0.2) is 38.5 Å². The fraction of sp³-hybridized carbons (Fsp3) is 0.667. The number of carbonyl (C=O) groups excluding carboxylic acids is 2. The molecular formula is C12H18N4O3S. The Bertz CT molecular complexity index is 515. The van der Waals surface area contributed by atoms with Crippen molar-refractivity contribution in [2.75, 3.05) is 5.75 Å². The Morgan fingerprint density at radius 1 is 1.60 bits per heavy atom. The average Bonchev–Trinajstić information content (AvgIpc) is 2.87. The van der Waals surface area contributed by atoms with E-state index in [4.69, 9.17) is 4.52 Å². The van der Waals surface area contributed by atoms with Crippen LogP contribution in [0.25, 0.3) is 0 Å². The number of carbonyl (C=O) groups is 2. The zero-order chi connectivity index (χ0) is 14.8. The molecule has 1 fully saturated rings. The Balaban J connectivity index is 1.85. The quantitative estimate of drug-likeness (QED) is 0.827. The molecule has 0 spiro atoms. The van der Waals surface area contributed by atoms with Gasteiger partial charge in [-0.05, 0) is 13.8 Å². The largest absolute Gasteiger partial charge is 0.345 e. The van der Waals surface area contributed by atoms with E-state index in [0.717, 1.165) is 0 Å². The Labute approximate surface area is 121 Å². The van der Waals surface area contributed by atoms with Gasteiger partial charge in [-0.1, -0.05) is 12.1 Å². The van der Waals surface area contributed by atoms with Crippen LogP contribution < -0.4 is 10.6 Å². The Kier molecular flexibility index (Phi) is 4.32. The molecule has 0 aliphatic carbocycles. The molecular weight excluding hydrogens is 280 g/mol. The summed E-state index contributed by atoms with van der Waals surface area (Å²) in [6.45, 7) is 5.77. The minimum absolute atomic E-state index is 0.125. The van der Waals surface area contributed by atoms with E-state index >= 15 is 0 Å². The number of aromatic nitrogens is 2. The lowest BCUT2D eigenvalue weighted by atomic mass is 10.1. The van der Waals surface area contributed by atoms with Crippen molar-refractivity contribution in [2.24, 2.45) is 0 Å². The minimum Gasteiger partial charge on any atom is -0.345 e. The van der Waals surface area contributed by atoms with E-state index in [-0.39, 0.29) is 18.4 Å². The number of hydrogen-bond donors (Lipinski definition) is 2. The molecule has 20 heavy (non-hydrogen) atoms. The van der Waals surface area contributed by atoms with Crippen molar-refractivity contribution in [2.45, 2.75) is 44.5 Å². The summed E-state index contributed by atoms with van der Waals surface area (Å²) in [4.78, 5) is 27.9. The molecule has 0 radical (unpaired) electrons. The molecule has 7 nitrogen and oxygen atoms in total. The van der Waals surface area contributed by atoms with Crippen molar-refractivity contribution >= 4 is 23.6 Å². The first-order chi connectivity index (χ1) is 9.42. The highest BCUT2D eigenvalue weighted by Gasteiger charge is 2.37. The van der Waals surface area contributed by atoms with Gasteiger partial charge in [0.15, 0.2) is 5.82 Å². The van der Waals surface area contributed by atoms with Crippen LogP contribution in [0.5, 0.6) is 0 Å². The highest BCUT2D eigenvalue weighted by atomic mass is 32.2. The van der Waals surface area contributed by atoms with Crippen molar-refractivity contribution < 1.29 is 14.1 Å². The lowest BCUT2D eigenvalue weighted by molar-refractivity contribution is -0.129. The normalized spacial score (nSPS) is 21.4. The summed E-state index contributed by atoms with van der Waals surface area (Å²) in [5.41, 5.74) is 0. The molecule has 0 bridgehead atoms. The standard InChI is InChI=1S/C12H18N4O3S/c1-4-8-15-9(19-16-8)5-13-10(17)7-6-20-12(2,3)11(18)14-7/h7H,4-6H2,1-3H3,(H,13,17)(H,14,18). The fourth-order valence-electron chi connectivity index (χ4n) is 1.66. The van der Waals surface area contributed by atoms with E-state index < -0.39 is 10.8 Å². The lowest BCUT2D eigenvalue weighted by Crippen LogP contribution is -2.57. The van der Waals surface area contributed by atoms with Gasteiger partial charge in [-0.3, -0.25) is 9.59 Å². The number of rotatable bonds is 4. The molecule has 2 amide bonds. The van der Waals surface area contributed by atoms with Gasteiger partial charge in [-0.15, -0.1) is 11.8 Å². The fourth-order valence-corrected chi connectivity index (χ4v) is 2.67. The first-order valence-electron chi connectivity index (χ1n) is 6.46. The lowest BCUT2D eigenvalue weighted by Gasteiger charge is -2.32. The van der Waals surface area contributed by atoms with Crippen molar-refractivity contribution in [3.05, 3.63) is 11.7 Å². The number of thioether (sulfide) groups is 1. The molecule has 2 heterocycles. The molecule has 2 N–H and O–H groups in total. The van der Waals surface area contributed by atoms with Crippen LogP contribution in [0.15, 0.2) is 4.52 Å². The Hall–Kier alpha value is -1.57. The van der Waals surface area contributed by atoms with E-state index in [1.54, 1.807) is 0 Å². The maximum Gasteiger partial charge on any atom is 0.246 e. The van der Waals surface area contributed by atoms with Gasteiger partial charge >= 0.3 is 0 Å². The van der Waals surface area contributed by atoms with Crippen LogP contribution >= 0.6 is 11.8 Å². The van der Waals surface area contributed by atoms with Crippen LogP contribution in [0, 0.1) is 0 Å². The van der Waals surface area contributed by atoms with Crippen LogP contribution in [-0.2, 0) is 22.6 Å². The SMILES string of the molecule is CCc1noc(CNC(=O)C2CSC(C)(C)C(=O)N2)n1. The van der Waals surface area contributed by atoms with Gasteiger partial charge < -0.3 is 15.2 Å². The second-order valence-electron chi connectivity index (χ2n) is 5.02. The van der Waals surface area contributed by atoms with Crippen molar-refractivity contribution in [3.63, 3.8) is 0 Å². The molecule has 1 aliphatic heterocycles. The predicted octanol–water partition coefficient (Wildman–Crippen LogP) is 0.258. The second kappa shape index (κ2) is 5.82. The number of amides is 2. The zero-order valence-corrected chi connectivity index (χ0v) is 12.5. The summed E-state index contributed by atoms with van der Waals surface area (Å²) in [5, 5.41) is 9.16. The molecule has 1 aromatic rings. The second-order valence-corrected chi connectivity index (χ2v) is 6.67. The smallest absolute Gasteiger partial charge is 0.246 e. The number of nitrogens with one attached hydrogen (secondary N) is 2. The summed E-state index contributed by atoms with van der Waals surface area (Å²) in [6, 6.07) is -0.519.